The highest BCUT2D eigenvalue weighted by atomic mass is 16.2. The van der Waals surface area contributed by atoms with Gasteiger partial charge in [0.05, 0.1) is 12.6 Å². The Kier molecular flexibility index (Phi) is 6.06. The van der Waals surface area contributed by atoms with E-state index in [0.717, 1.165) is 5.56 Å². The summed E-state index contributed by atoms with van der Waals surface area (Å²) in [6, 6.07) is 6.41. The Balaban J connectivity index is 2.65. The number of hydrogen-bond acceptors (Lipinski definition) is 4. The van der Waals surface area contributed by atoms with Crippen LogP contribution >= 0.6 is 0 Å². The Morgan fingerprint density at radius 1 is 1.20 bits per heavy atom. The summed E-state index contributed by atoms with van der Waals surface area (Å²) >= 11 is 0. The molecule has 1 amide bonds. The molecule has 0 fully saturated rings. The van der Waals surface area contributed by atoms with Gasteiger partial charge in [0.2, 0.25) is 0 Å². The molecule has 1 atom stereocenters. The summed E-state index contributed by atoms with van der Waals surface area (Å²) in [5.74, 6) is -0.610. The van der Waals surface area contributed by atoms with Crippen molar-refractivity contribution in [2.24, 2.45) is 5.73 Å². The van der Waals surface area contributed by atoms with Gasteiger partial charge < -0.3 is 11.1 Å². The molecule has 5 heteroatoms. The third kappa shape index (κ3) is 4.93. The van der Waals surface area contributed by atoms with E-state index < -0.39 is 6.04 Å². The molecule has 1 rings (SSSR count). The molecule has 0 radical (unpaired) electrons. The van der Waals surface area contributed by atoms with E-state index in [0.29, 0.717) is 5.56 Å². The monoisotopic (exact) mass is 276 g/mol. The second-order valence-electron chi connectivity index (χ2n) is 4.78. The van der Waals surface area contributed by atoms with E-state index in [9.17, 15) is 14.4 Å². The summed E-state index contributed by atoms with van der Waals surface area (Å²) in [5.41, 5.74) is 6.77. The number of nitrogens with two attached hydrogens (primary N) is 1. The van der Waals surface area contributed by atoms with Crippen molar-refractivity contribution < 1.29 is 14.4 Å². The van der Waals surface area contributed by atoms with Gasteiger partial charge in [-0.15, -0.1) is 0 Å². The Hall–Kier alpha value is -2.01. The van der Waals surface area contributed by atoms with Crippen LogP contribution in [0, 0.1) is 6.92 Å². The Morgan fingerprint density at radius 2 is 1.80 bits per heavy atom. The SMILES string of the molecule is CC(=O)C(CCC(=O)CN)NC(=O)c1ccc(C)cc1. The number of hydrogen-bond donors (Lipinski definition) is 2. The van der Waals surface area contributed by atoms with Crippen molar-refractivity contribution in [3.8, 4) is 0 Å². The normalized spacial score (nSPS) is 11.8. The number of rotatable bonds is 7. The lowest BCUT2D eigenvalue weighted by molar-refractivity contribution is -0.120. The number of ketones is 2. The summed E-state index contributed by atoms with van der Waals surface area (Å²) in [4.78, 5) is 34.7. The third-order valence-electron chi connectivity index (χ3n) is 3.05. The maximum atomic E-state index is 12.0. The van der Waals surface area contributed by atoms with E-state index >= 15 is 0 Å². The topological polar surface area (TPSA) is 89.3 Å². The van der Waals surface area contributed by atoms with Gasteiger partial charge in [0.1, 0.15) is 5.78 Å². The minimum absolute atomic E-state index is 0.0451. The molecule has 5 nitrogen and oxygen atoms in total. The van der Waals surface area contributed by atoms with E-state index in [1.165, 1.54) is 6.92 Å². The average Bonchev–Trinajstić information content (AvgIpc) is 2.43. The fraction of sp³-hybridized carbons (Fsp3) is 0.400. The van der Waals surface area contributed by atoms with Crippen molar-refractivity contribution in [2.75, 3.05) is 6.54 Å². The Bertz CT molecular complexity index is 494. The van der Waals surface area contributed by atoms with Gasteiger partial charge in [-0.25, -0.2) is 0 Å². The number of Topliss-reactive ketones (excluding diaryl/α,β-unsaturated/α-hetero) is 2. The minimum Gasteiger partial charge on any atom is -0.342 e. The van der Waals surface area contributed by atoms with Gasteiger partial charge in [-0.3, -0.25) is 14.4 Å². The standard InChI is InChI=1S/C15H20N2O3/c1-10-3-5-12(6-4-10)15(20)17-14(11(2)18)8-7-13(19)9-16/h3-6,14H,7-9,16H2,1-2H3,(H,17,20). The highest BCUT2D eigenvalue weighted by Gasteiger charge is 2.18. The first-order valence-electron chi connectivity index (χ1n) is 6.53. The van der Waals surface area contributed by atoms with E-state index in [1.54, 1.807) is 12.1 Å². The average molecular weight is 276 g/mol. The van der Waals surface area contributed by atoms with Gasteiger partial charge in [-0.1, -0.05) is 17.7 Å². The zero-order valence-electron chi connectivity index (χ0n) is 11.8. The van der Waals surface area contributed by atoms with Gasteiger partial charge in [0, 0.05) is 12.0 Å². The second kappa shape index (κ2) is 7.55. The van der Waals surface area contributed by atoms with Crippen LogP contribution < -0.4 is 11.1 Å². The number of benzene rings is 1. The predicted octanol–water partition coefficient (Wildman–Crippen LogP) is 0.990. The predicted molar refractivity (Wildman–Crippen MR) is 76.4 cm³/mol. The minimum atomic E-state index is -0.653. The molecule has 0 saturated heterocycles. The van der Waals surface area contributed by atoms with Crippen molar-refractivity contribution >= 4 is 17.5 Å². The van der Waals surface area contributed by atoms with Crippen molar-refractivity contribution in [1.82, 2.24) is 5.32 Å². The van der Waals surface area contributed by atoms with Crippen LogP contribution in [0.1, 0.15) is 35.7 Å². The molecule has 1 unspecified atom stereocenters. The summed E-state index contributed by atoms with van der Waals surface area (Å²) < 4.78 is 0. The maximum absolute atomic E-state index is 12.0. The molecule has 0 aliphatic carbocycles. The molecule has 0 heterocycles. The molecular formula is C15H20N2O3. The van der Waals surface area contributed by atoms with Gasteiger partial charge >= 0.3 is 0 Å². The molecule has 20 heavy (non-hydrogen) atoms. The molecule has 0 aliphatic rings. The van der Waals surface area contributed by atoms with Crippen LogP contribution in [0.4, 0.5) is 0 Å². The van der Waals surface area contributed by atoms with Gasteiger partial charge in [-0.2, -0.15) is 0 Å². The number of aryl methyl sites for hydroxylation is 1. The number of nitrogens with one attached hydrogen (secondary N) is 1. The van der Waals surface area contributed by atoms with Gasteiger partial charge in [0.25, 0.3) is 5.91 Å². The number of amides is 1. The van der Waals surface area contributed by atoms with Crippen LogP contribution in [-0.4, -0.2) is 30.1 Å². The first-order valence-corrected chi connectivity index (χ1v) is 6.53. The van der Waals surface area contributed by atoms with Crippen molar-refractivity contribution in [1.29, 1.82) is 0 Å². The number of carbonyl (C=O) groups excluding carboxylic acids is 3. The van der Waals surface area contributed by atoms with Gasteiger partial charge in [-0.05, 0) is 32.4 Å². The lowest BCUT2D eigenvalue weighted by Crippen LogP contribution is -2.40. The smallest absolute Gasteiger partial charge is 0.251 e. The molecule has 108 valence electrons. The summed E-state index contributed by atoms with van der Waals surface area (Å²) in [6.45, 7) is 3.28. The van der Waals surface area contributed by atoms with Crippen LogP contribution in [0.3, 0.4) is 0 Å². The van der Waals surface area contributed by atoms with Crippen LogP contribution in [0.5, 0.6) is 0 Å². The van der Waals surface area contributed by atoms with Gasteiger partial charge in [0.15, 0.2) is 5.78 Å². The molecule has 0 aromatic heterocycles. The maximum Gasteiger partial charge on any atom is 0.251 e. The van der Waals surface area contributed by atoms with Crippen LogP contribution in [0.15, 0.2) is 24.3 Å². The zero-order chi connectivity index (χ0) is 15.1. The first-order chi connectivity index (χ1) is 9.43. The summed E-state index contributed by atoms with van der Waals surface area (Å²) in [6.07, 6.45) is 0.470. The summed E-state index contributed by atoms with van der Waals surface area (Å²) in [5, 5.41) is 2.65. The molecule has 0 spiro atoms. The lowest BCUT2D eigenvalue weighted by atomic mass is 10.0. The Labute approximate surface area is 118 Å². The van der Waals surface area contributed by atoms with E-state index in [2.05, 4.69) is 5.32 Å². The van der Waals surface area contributed by atoms with Crippen LogP contribution in [0.25, 0.3) is 0 Å². The van der Waals surface area contributed by atoms with Crippen LogP contribution in [0.2, 0.25) is 0 Å². The molecule has 3 N–H and O–H groups in total. The van der Waals surface area contributed by atoms with Crippen molar-refractivity contribution in [3.63, 3.8) is 0 Å². The fourth-order valence-electron chi connectivity index (χ4n) is 1.73. The van der Waals surface area contributed by atoms with E-state index in [4.69, 9.17) is 5.73 Å². The highest BCUT2D eigenvalue weighted by molar-refractivity contribution is 5.97. The lowest BCUT2D eigenvalue weighted by Gasteiger charge is -2.15. The molecule has 0 saturated carbocycles. The quantitative estimate of drug-likeness (QED) is 0.777. The van der Waals surface area contributed by atoms with Crippen molar-refractivity contribution in [3.05, 3.63) is 35.4 Å². The Morgan fingerprint density at radius 3 is 2.30 bits per heavy atom. The number of carbonyl (C=O) groups is 3. The second-order valence-corrected chi connectivity index (χ2v) is 4.78. The first kappa shape index (κ1) is 16.0. The zero-order valence-corrected chi connectivity index (χ0v) is 11.8. The van der Waals surface area contributed by atoms with Crippen molar-refractivity contribution in [2.45, 2.75) is 32.7 Å². The highest BCUT2D eigenvalue weighted by Crippen LogP contribution is 2.06. The molecule has 0 bridgehead atoms. The van der Waals surface area contributed by atoms with Crippen LogP contribution in [-0.2, 0) is 9.59 Å². The largest absolute Gasteiger partial charge is 0.342 e. The third-order valence-corrected chi connectivity index (χ3v) is 3.05. The molecule has 0 aliphatic heterocycles. The summed E-state index contributed by atoms with van der Waals surface area (Å²) in [7, 11) is 0. The fourth-order valence-corrected chi connectivity index (χ4v) is 1.73. The molecular weight excluding hydrogens is 256 g/mol. The molecule has 1 aromatic carbocycles. The van der Waals surface area contributed by atoms with E-state index in [-0.39, 0.29) is 36.9 Å². The van der Waals surface area contributed by atoms with E-state index in [1.807, 2.05) is 19.1 Å². The molecule has 1 aromatic rings.